The fraction of sp³-hybridized carbons (Fsp3) is 0. The van der Waals surface area contributed by atoms with Crippen LogP contribution in [0.4, 0.5) is 5.69 Å². The molecule has 0 saturated carbocycles. The van der Waals surface area contributed by atoms with Crippen molar-refractivity contribution >= 4 is 52.2 Å². The smallest absolute Gasteiger partial charge is 0.286 e. The number of nitro benzene ring substituents is 1. The molecule has 3 rings (SSSR count). The molecule has 0 radical (unpaired) electrons. The van der Waals surface area contributed by atoms with Gasteiger partial charge in [0.1, 0.15) is 5.75 Å². The third-order valence-electron chi connectivity index (χ3n) is 3.41. The van der Waals surface area contributed by atoms with Gasteiger partial charge in [0.2, 0.25) is 0 Å². The van der Waals surface area contributed by atoms with Crippen LogP contribution in [-0.4, -0.2) is 31.5 Å². The maximum Gasteiger partial charge on any atom is 0.286 e. The number of carbonyl (C=O) groups excluding carboxylic acids is 1. The minimum absolute atomic E-state index is 0.0923. The Balaban J connectivity index is 1.85. The Labute approximate surface area is 157 Å². The Kier molecular flexibility index (Phi) is 5.10. The molecule has 0 aliphatic carbocycles. The fourth-order valence-corrected chi connectivity index (χ4v) is 3.32. The highest BCUT2D eigenvalue weighted by atomic mass is 32.2. The van der Waals surface area contributed by atoms with Crippen LogP contribution in [0.15, 0.2) is 58.5 Å². The van der Waals surface area contributed by atoms with Crippen molar-refractivity contribution in [3.05, 3.63) is 74.7 Å². The standard InChI is InChI=1S/C17H11N3O4S2/c21-13-7-5-11(6-8-13)10-18-19-16(22)15(26-17(19)25)9-12-3-1-2-4-14(12)20(23)24/h1-10,21H/b15-9+,18-10+. The summed E-state index contributed by atoms with van der Waals surface area (Å²) in [6.45, 7) is 0. The number of hydrogen-bond acceptors (Lipinski definition) is 7. The molecule has 1 fully saturated rings. The molecule has 1 aliphatic rings. The van der Waals surface area contributed by atoms with Gasteiger partial charge in [-0.15, -0.1) is 0 Å². The number of phenols is 1. The van der Waals surface area contributed by atoms with Crippen LogP contribution in [0.2, 0.25) is 0 Å². The summed E-state index contributed by atoms with van der Waals surface area (Å²) in [7, 11) is 0. The lowest BCUT2D eigenvalue weighted by molar-refractivity contribution is -0.385. The van der Waals surface area contributed by atoms with Crippen LogP contribution in [0.25, 0.3) is 6.08 Å². The number of thioether (sulfide) groups is 1. The first-order valence-electron chi connectivity index (χ1n) is 7.30. The number of phenolic OH excluding ortho intramolecular Hbond substituents is 1. The summed E-state index contributed by atoms with van der Waals surface area (Å²) in [6, 6.07) is 12.4. The third-order valence-corrected chi connectivity index (χ3v) is 4.69. The Bertz CT molecular complexity index is 955. The number of hydrazone groups is 1. The minimum Gasteiger partial charge on any atom is -0.508 e. The first-order valence-corrected chi connectivity index (χ1v) is 8.52. The molecule has 130 valence electrons. The number of amides is 1. The second-order valence-corrected chi connectivity index (χ2v) is 6.82. The molecular formula is C17H11N3O4S2. The van der Waals surface area contributed by atoms with Crippen molar-refractivity contribution < 1.29 is 14.8 Å². The molecule has 0 spiro atoms. The molecule has 0 unspecified atom stereocenters. The van der Waals surface area contributed by atoms with E-state index in [0.717, 1.165) is 16.8 Å². The topological polar surface area (TPSA) is 96.0 Å². The molecule has 26 heavy (non-hydrogen) atoms. The van der Waals surface area contributed by atoms with Crippen molar-refractivity contribution in [1.82, 2.24) is 5.01 Å². The van der Waals surface area contributed by atoms with Gasteiger partial charge in [-0.25, -0.2) is 0 Å². The van der Waals surface area contributed by atoms with Crippen molar-refractivity contribution in [2.24, 2.45) is 5.10 Å². The van der Waals surface area contributed by atoms with Gasteiger partial charge in [-0.3, -0.25) is 14.9 Å². The molecule has 1 saturated heterocycles. The Hall–Kier alpha value is -3.04. The number of benzene rings is 2. The summed E-state index contributed by atoms with van der Waals surface area (Å²) < 4.78 is 0.231. The lowest BCUT2D eigenvalue weighted by Crippen LogP contribution is -2.22. The van der Waals surface area contributed by atoms with Crippen molar-refractivity contribution in [2.75, 3.05) is 0 Å². The molecular weight excluding hydrogens is 374 g/mol. The lowest BCUT2D eigenvalue weighted by atomic mass is 10.1. The first-order chi connectivity index (χ1) is 12.5. The molecule has 0 aromatic heterocycles. The average Bonchev–Trinajstić information content (AvgIpc) is 2.88. The van der Waals surface area contributed by atoms with Gasteiger partial charge in [0.15, 0.2) is 4.32 Å². The zero-order valence-corrected chi connectivity index (χ0v) is 14.7. The highest BCUT2D eigenvalue weighted by Crippen LogP contribution is 2.34. The molecule has 9 heteroatoms. The van der Waals surface area contributed by atoms with Gasteiger partial charge in [-0.05, 0) is 54.2 Å². The molecule has 1 N–H and O–H groups in total. The molecule has 0 bridgehead atoms. The number of aromatic hydroxyl groups is 1. The predicted molar refractivity (Wildman–Crippen MR) is 104 cm³/mol. The van der Waals surface area contributed by atoms with Gasteiger partial charge in [-0.1, -0.05) is 23.9 Å². The Morgan fingerprint density at radius 3 is 2.58 bits per heavy atom. The molecule has 1 amide bonds. The van der Waals surface area contributed by atoms with Gasteiger partial charge >= 0.3 is 0 Å². The zero-order chi connectivity index (χ0) is 18.7. The monoisotopic (exact) mass is 385 g/mol. The molecule has 2 aromatic carbocycles. The van der Waals surface area contributed by atoms with Crippen molar-refractivity contribution in [3.8, 4) is 5.75 Å². The second kappa shape index (κ2) is 7.46. The second-order valence-electron chi connectivity index (χ2n) is 5.15. The zero-order valence-electron chi connectivity index (χ0n) is 13.1. The van der Waals surface area contributed by atoms with Gasteiger partial charge in [-0.2, -0.15) is 10.1 Å². The Morgan fingerprint density at radius 2 is 1.88 bits per heavy atom. The highest BCUT2D eigenvalue weighted by Gasteiger charge is 2.32. The SMILES string of the molecule is O=C1/C(=C\c2ccccc2[N+](=O)[O-])SC(=S)N1/N=C/c1ccc(O)cc1. The number of carbonyl (C=O) groups is 1. The summed E-state index contributed by atoms with van der Waals surface area (Å²) in [6.07, 6.45) is 2.88. The number of nitrogens with zero attached hydrogens (tertiary/aromatic N) is 3. The van der Waals surface area contributed by atoms with E-state index in [9.17, 15) is 20.0 Å². The number of rotatable bonds is 4. The number of nitro groups is 1. The summed E-state index contributed by atoms with van der Waals surface area (Å²) >= 11 is 6.20. The van der Waals surface area contributed by atoms with E-state index in [-0.39, 0.29) is 20.7 Å². The Morgan fingerprint density at radius 1 is 1.19 bits per heavy atom. The van der Waals surface area contributed by atoms with Crippen LogP contribution in [0.1, 0.15) is 11.1 Å². The third kappa shape index (κ3) is 3.79. The van der Waals surface area contributed by atoms with E-state index < -0.39 is 10.8 Å². The van der Waals surface area contributed by atoms with Crippen molar-refractivity contribution in [2.45, 2.75) is 0 Å². The van der Waals surface area contributed by atoms with Crippen LogP contribution < -0.4 is 0 Å². The molecule has 2 aromatic rings. The highest BCUT2D eigenvalue weighted by molar-refractivity contribution is 8.26. The summed E-state index contributed by atoms with van der Waals surface area (Å²) in [5.74, 6) is -0.326. The lowest BCUT2D eigenvalue weighted by Gasteiger charge is -2.06. The van der Waals surface area contributed by atoms with Crippen LogP contribution in [0.5, 0.6) is 5.75 Å². The first kappa shape index (κ1) is 17.8. The summed E-state index contributed by atoms with van der Waals surface area (Å²) in [4.78, 5) is 23.4. The fourth-order valence-electron chi connectivity index (χ4n) is 2.16. The average molecular weight is 385 g/mol. The van der Waals surface area contributed by atoms with E-state index in [1.165, 1.54) is 30.5 Å². The molecule has 1 aliphatic heterocycles. The van der Waals surface area contributed by atoms with E-state index in [4.69, 9.17) is 12.2 Å². The molecule has 7 nitrogen and oxygen atoms in total. The van der Waals surface area contributed by atoms with Gasteiger partial charge in [0.25, 0.3) is 11.6 Å². The normalized spacial score (nSPS) is 16.0. The van der Waals surface area contributed by atoms with Crippen LogP contribution in [0, 0.1) is 10.1 Å². The van der Waals surface area contributed by atoms with Crippen LogP contribution in [0.3, 0.4) is 0 Å². The summed E-state index contributed by atoms with van der Waals surface area (Å²) in [5, 5.41) is 25.5. The quantitative estimate of drug-likeness (QED) is 0.284. The van der Waals surface area contributed by atoms with Crippen LogP contribution in [-0.2, 0) is 4.79 Å². The largest absolute Gasteiger partial charge is 0.508 e. The van der Waals surface area contributed by atoms with E-state index in [2.05, 4.69) is 5.10 Å². The summed E-state index contributed by atoms with van der Waals surface area (Å²) in [5.41, 5.74) is 0.908. The van der Waals surface area contributed by atoms with Gasteiger partial charge < -0.3 is 5.11 Å². The van der Waals surface area contributed by atoms with E-state index >= 15 is 0 Å². The maximum atomic E-state index is 12.5. The number of para-hydroxylation sites is 1. The van der Waals surface area contributed by atoms with Crippen LogP contribution >= 0.6 is 24.0 Å². The van der Waals surface area contributed by atoms with E-state index in [0.29, 0.717) is 11.1 Å². The minimum atomic E-state index is -0.504. The predicted octanol–water partition coefficient (Wildman–Crippen LogP) is 3.54. The number of thiocarbonyl (C=S) groups is 1. The molecule has 0 atom stereocenters. The van der Waals surface area contributed by atoms with E-state index in [1.54, 1.807) is 30.3 Å². The van der Waals surface area contributed by atoms with Crippen molar-refractivity contribution in [3.63, 3.8) is 0 Å². The van der Waals surface area contributed by atoms with E-state index in [1.807, 2.05) is 0 Å². The van der Waals surface area contributed by atoms with Gasteiger partial charge in [0, 0.05) is 6.07 Å². The number of hydrogen-bond donors (Lipinski definition) is 1. The molecule has 1 heterocycles. The maximum absolute atomic E-state index is 12.5. The van der Waals surface area contributed by atoms with Gasteiger partial charge in [0.05, 0.1) is 21.6 Å². The van der Waals surface area contributed by atoms with Crippen molar-refractivity contribution in [1.29, 1.82) is 0 Å².